The Morgan fingerprint density at radius 2 is 2.33 bits per heavy atom. The monoisotopic (exact) mass is 215 g/mol. The first-order valence-corrected chi connectivity index (χ1v) is 6.11. The molecule has 1 saturated heterocycles. The molecule has 1 rings (SSSR count). The Kier molecular flexibility index (Phi) is 6.22. The zero-order valence-corrected chi connectivity index (χ0v) is 10.3. The Balaban J connectivity index is 2.35. The first-order chi connectivity index (χ1) is 7.27. The van der Waals surface area contributed by atoms with Gasteiger partial charge in [-0.2, -0.15) is 0 Å². The molecule has 0 bridgehead atoms. The standard InChI is InChI=1S/C12H25NO2/c1-4-6-13-12-5-7-15-9-11(12)8-10(2)14-3/h10-13H,4-9H2,1-3H3. The second-order valence-corrected chi connectivity index (χ2v) is 4.47. The molecule has 0 spiro atoms. The molecule has 3 atom stereocenters. The van der Waals surface area contributed by atoms with Gasteiger partial charge in [0.2, 0.25) is 0 Å². The summed E-state index contributed by atoms with van der Waals surface area (Å²) in [4.78, 5) is 0. The van der Waals surface area contributed by atoms with E-state index in [1.807, 2.05) is 0 Å². The van der Waals surface area contributed by atoms with E-state index in [2.05, 4.69) is 19.2 Å². The van der Waals surface area contributed by atoms with Crippen LogP contribution in [0.1, 0.15) is 33.1 Å². The van der Waals surface area contributed by atoms with Crippen LogP contribution < -0.4 is 5.32 Å². The molecule has 0 amide bonds. The molecule has 0 saturated carbocycles. The van der Waals surface area contributed by atoms with Gasteiger partial charge in [-0.3, -0.25) is 0 Å². The van der Waals surface area contributed by atoms with Gasteiger partial charge in [0.25, 0.3) is 0 Å². The number of methoxy groups -OCH3 is 1. The highest BCUT2D eigenvalue weighted by molar-refractivity contribution is 4.81. The SMILES string of the molecule is CCCNC1CCOCC1CC(C)OC. The van der Waals surface area contributed by atoms with Crippen LogP contribution in [0.3, 0.4) is 0 Å². The molecule has 1 fully saturated rings. The fourth-order valence-corrected chi connectivity index (χ4v) is 2.15. The maximum atomic E-state index is 5.54. The summed E-state index contributed by atoms with van der Waals surface area (Å²) in [5.41, 5.74) is 0. The summed E-state index contributed by atoms with van der Waals surface area (Å²) in [7, 11) is 1.78. The highest BCUT2D eigenvalue weighted by Gasteiger charge is 2.26. The number of hydrogen-bond donors (Lipinski definition) is 1. The molecule has 90 valence electrons. The molecule has 3 unspecified atom stereocenters. The van der Waals surface area contributed by atoms with Crippen LogP contribution in [0.4, 0.5) is 0 Å². The molecule has 3 heteroatoms. The van der Waals surface area contributed by atoms with Crippen molar-refractivity contribution in [2.75, 3.05) is 26.9 Å². The van der Waals surface area contributed by atoms with E-state index in [0.717, 1.165) is 32.6 Å². The molecule has 0 aliphatic carbocycles. The number of rotatable bonds is 6. The quantitative estimate of drug-likeness (QED) is 0.733. The van der Waals surface area contributed by atoms with E-state index >= 15 is 0 Å². The van der Waals surface area contributed by atoms with Gasteiger partial charge in [0.05, 0.1) is 12.7 Å². The molecule has 0 aromatic heterocycles. The fourth-order valence-electron chi connectivity index (χ4n) is 2.15. The zero-order valence-electron chi connectivity index (χ0n) is 10.3. The van der Waals surface area contributed by atoms with Crippen molar-refractivity contribution in [1.82, 2.24) is 5.32 Å². The topological polar surface area (TPSA) is 30.5 Å². The second kappa shape index (κ2) is 7.20. The van der Waals surface area contributed by atoms with Crippen molar-refractivity contribution in [2.45, 2.75) is 45.3 Å². The van der Waals surface area contributed by atoms with E-state index in [-0.39, 0.29) is 0 Å². The van der Waals surface area contributed by atoms with Crippen molar-refractivity contribution in [3.05, 3.63) is 0 Å². The summed E-state index contributed by atoms with van der Waals surface area (Å²) in [5, 5.41) is 3.62. The normalized spacial score (nSPS) is 29.0. The lowest BCUT2D eigenvalue weighted by atomic mass is 9.90. The third-order valence-electron chi connectivity index (χ3n) is 3.17. The van der Waals surface area contributed by atoms with Crippen LogP contribution in [0.25, 0.3) is 0 Å². The van der Waals surface area contributed by atoms with Gasteiger partial charge >= 0.3 is 0 Å². The van der Waals surface area contributed by atoms with Crippen molar-refractivity contribution < 1.29 is 9.47 Å². The van der Waals surface area contributed by atoms with E-state index in [1.165, 1.54) is 6.42 Å². The Morgan fingerprint density at radius 1 is 1.53 bits per heavy atom. The number of nitrogens with one attached hydrogen (secondary N) is 1. The predicted octanol–water partition coefficient (Wildman–Crippen LogP) is 1.82. The van der Waals surface area contributed by atoms with E-state index in [4.69, 9.17) is 9.47 Å². The van der Waals surface area contributed by atoms with Gasteiger partial charge in [0, 0.05) is 25.7 Å². The first kappa shape index (κ1) is 12.9. The summed E-state index contributed by atoms with van der Waals surface area (Å²) >= 11 is 0. The third-order valence-corrected chi connectivity index (χ3v) is 3.17. The predicted molar refractivity (Wildman–Crippen MR) is 62.1 cm³/mol. The molecule has 0 aromatic carbocycles. The average molecular weight is 215 g/mol. The van der Waals surface area contributed by atoms with Gasteiger partial charge in [-0.15, -0.1) is 0 Å². The van der Waals surface area contributed by atoms with Gasteiger partial charge in [-0.05, 0) is 32.7 Å². The lowest BCUT2D eigenvalue weighted by Crippen LogP contribution is -2.44. The van der Waals surface area contributed by atoms with Crippen LogP contribution in [-0.2, 0) is 9.47 Å². The molecule has 0 aromatic rings. The van der Waals surface area contributed by atoms with Crippen molar-refractivity contribution in [3.8, 4) is 0 Å². The van der Waals surface area contributed by atoms with E-state index in [0.29, 0.717) is 18.1 Å². The summed E-state index contributed by atoms with van der Waals surface area (Å²) in [6, 6.07) is 0.622. The maximum absolute atomic E-state index is 5.54. The third kappa shape index (κ3) is 4.49. The molecule has 0 radical (unpaired) electrons. The van der Waals surface area contributed by atoms with Gasteiger partial charge in [-0.1, -0.05) is 6.92 Å². The lowest BCUT2D eigenvalue weighted by molar-refractivity contribution is 0.00278. The fraction of sp³-hybridized carbons (Fsp3) is 1.00. The smallest absolute Gasteiger partial charge is 0.0547 e. The second-order valence-electron chi connectivity index (χ2n) is 4.47. The van der Waals surface area contributed by atoms with Crippen LogP contribution in [0.15, 0.2) is 0 Å². The van der Waals surface area contributed by atoms with Crippen LogP contribution in [0.5, 0.6) is 0 Å². The van der Waals surface area contributed by atoms with E-state index in [1.54, 1.807) is 7.11 Å². The van der Waals surface area contributed by atoms with Crippen LogP contribution in [0, 0.1) is 5.92 Å². The van der Waals surface area contributed by atoms with E-state index in [9.17, 15) is 0 Å². The number of hydrogen-bond acceptors (Lipinski definition) is 3. The molecular weight excluding hydrogens is 190 g/mol. The molecule has 1 heterocycles. The van der Waals surface area contributed by atoms with Gasteiger partial charge < -0.3 is 14.8 Å². The molecule has 1 aliphatic rings. The lowest BCUT2D eigenvalue weighted by Gasteiger charge is -2.33. The minimum Gasteiger partial charge on any atom is -0.382 e. The Bertz CT molecular complexity index is 164. The largest absolute Gasteiger partial charge is 0.382 e. The molecular formula is C12H25NO2. The van der Waals surface area contributed by atoms with Crippen LogP contribution >= 0.6 is 0 Å². The van der Waals surface area contributed by atoms with Gasteiger partial charge in [0.1, 0.15) is 0 Å². The maximum Gasteiger partial charge on any atom is 0.0547 e. The molecule has 1 aliphatic heterocycles. The first-order valence-electron chi connectivity index (χ1n) is 6.11. The van der Waals surface area contributed by atoms with Gasteiger partial charge in [-0.25, -0.2) is 0 Å². The van der Waals surface area contributed by atoms with E-state index < -0.39 is 0 Å². The highest BCUT2D eigenvalue weighted by atomic mass is 16.5. The summed E-state index contributed by atoms with van der Waals surface area (Å²) in [5.74, 6) is 0.611. The highest BCUT2D eigenvalue weighted by Crippen LogP contribution is 2.20. The van der Waals surface area contributed by atoms with Gasteiger partial charge in [0.15, 0.2) is 0 Å². The number of ether oxygens (including phenoxy) is 2. The van der Waals surface area contributed by atoms with Crippen molar-refractivity contribution in [1.29, 1.82) is 0 Å². The minimum atomic E-state index is 0.336. The zero-order chi connectivity index (χ0) is 11.1. The molecule has 3 nitrogen and oxygen atoms in total. The van der Waals surface area contributed by atoms with Crippen LogP contribution in [0.2, 0.25) is 0 Å². The Labute approximate surface area is 93.5 Å². The minimum absolute atomic E-state index is 0.336. The molecule has 1 N–H and O–H groups in total. The average Bonchev–Trinajstić information content (AvgIpc) is 2.28. The Morgan fingerprint density at radius 3 is 3.00 bits per heavy atom. The van der Waals surface area contributed by atoms with Crippen molar-refractivity contribution in [2.24, 2.45) is 5.92 Å². The summed E-state index contributed by atoms with van der Waals surface area (Å²) < 4.78 is 10.9. The Hall–Kier alpha value is -0.120. The summed E-state index contributed by atoms with van der Waals surface area (Å²) in [6.45, 7) is 7.24. The van der Waals surface area contributed by atoms with Crippen molar-refractivity contribution >= 4 is 0 Å². The molecule has 15 heavy (non-hydrogen) atoms. The van der Waals surface area contributed by atoms with Crippen molar-refractivity contribution in [3.63, 3.8) is 0 Å². The van der Waals surface area contributed by atoms with Crippen LogP contribution in [-0.4, -0.2) is 39.0 Å². The summed E-state index contributed by atoms with van der Waals surface area (Å²) in [6.07, 6.45) is 3.77.